The lowest BCUT2D eigenvalue weighted by Gasteiger charge is -2.35. The number of carbonyl (C=O) groups excluding carboxylic acids is 1. The summed E-state index contributed by atoms with van der Waals surface area (Å²) in [6.07, 6.45) is 5.86. The number of benzene rings is 1. The van der Waals surface area contributed by atoms with Crippen molar-refractivity contribution in [1.29, 1.82) is 0 Å². The van der Waals surface area contributed by atoms with E-state index in [0.717, 1.165) is 48.6 Å². The van der Waals surface area contributed by atoms with Crippen LogP contribution in [0.15, 0.2) is 30.6 Å². The van der Waals surface area contributed by atoms with Gasteiger partial charge in [-0.1, -0.05) is 13.0 Å². The van der Waals surface area contributed by atoms with Crippen LogP contribution in [0.3, 0.4) is 0 Å². The number of carbonyl (C=O) groups is 1. The van der Waals surface area contributed by atoms with Gasteiger partial charge in [-0.05, 0) is 35.6 Å². The van der Waals surface area contributed by atoms with E-state index in [1.54, 1.807) is 6.92 Å². The van der Waals surface area contributed by atoms with E-state index in [4.69, 9.17) is 0 Å². The Hall–Kier alpha value is -3.09. The highest BCUT2D eigenvalue weighted by Crippen LogP contribution is 2.42. The van der Waals surface area contributed by atoms with Gasteiger partial charge < -0.3 is 9.80 Å². The molecule has 7 heteroatoms. The van der Waals surface area contributed by atoms with Crippen LogP contribution in [0.25, 0.3) is 11.1 Å². The first kappa shape index (κ1) is 18.0. The van der Waals surface area contributed by atoms with Gasteiger partial charge in [0, 0.05) is 62.2 Å². The molecule has 3 aromatic rings. The fourth-order valence-electron chi connectivity index (χ4n) is 4.54. The molecule has 4 heterocycles. The zero-order valence-electron chi connectivity index (χ0n) is 17.1. The standard InChI is InChI=1S/C22H26N6O/c1-14-6-9-28(22-19-13-27(15(2)29)8-7-20(19)24-25-22)21-5-4-16(10-18(14)21)17-11-23-26(3)12-17/h4-5,10-12,14H,6-9,13H2,1-3H3,(H,24,25)/t14-/m1/s1. The first-order chi connectivity index (χ1) is 14.0. The lowest BCUT2D eigenvalue weighted by molar-refractivity contribution is -0.129. The Morgan fingerprint density at radius 2 is 2.10 bits per heavy atom. The third kappa shape index (κ3) is 3.01. The van der Waals surface area contributed by atoms with Crippen LogP contribution in [0, 0.1) is 0 Å². The molecule has 0 spiro atoms. The molecule has 2 aromatic heterocycles. The summed E-state index contributed by atoms with van der Waals surface area (Å²) in [6, 6.07) is 6.67. The van der Waals surface area contributed by atoms with E-state index >= 15 is 0 Å². The molecule has 7 nitrogen and oxygen atoms in total. The summed E-state index contributed by atoms with van der Waals surface area (Å²) in [4.78, 5) is 16.1. The fourth-order valence-corrected chi connectivity index (χ4v) is 4.54. The summed E-state index contributed by atoms with van der Waals surface area (Å²) in [5, 5.41) is 12.2. The van der Waals surface area contributed by atoms with Crippen LogP contribution in [-0.4, -0.2) is 43.9 Å². The van der Waals surface area contributed by atoms with E-state index in [2.05, 4.69) is 45.3 Å². The molecule has 1 amide bonds. The predicted molar refractivity (Wildman–Crippen MR) is 112 cm³/mol. The van der Waals surface area contributed by atoms with Gasteiger partial charge in [0.15, 0.2) is 5.82 Å². The number of H-pyrrole nitrogens is 1. The van der Waals surface area contributed by atoms with E-state index in [-0.39, 0.29) is 5.91 Å². The van der Waals surface area contributed by atoms with Crippen molar-refractivity contribution >= 4 is 17.4 Å². The van der Waals surface area contributed by atoms with Crippen molar-refractivity contribution in [2.45, 2.75) is 39.2 Å². The van der Waals surface area contributed by atoms with E-state index in [9.17, 15) is 4.79 Å². The Morgan fingerprint density at radius 3 is 2.86 bits per heavy atom. The molecule has 0 unspecified atom stereocenters. The highest BCUT2D eigenvalue weighted by molar-refractivity contribution is 5.76. The van der Waals surface area contributed by atoms with Gasteiger partial charge in [-0.2, -0.15) is 10.2 Å². The Bertz CT molecular complexity index is 1080. The van der Waals surface area contributed by atoms with Crippen LogP contribution in [0.4, 0.5) is 11.5 Å². The summed E-state index contributed by atoms with van der Waals surface area (Å²) < 4.78 is 1.83. The summed E-state index contributed by atoms with van der Waals surface area (Å²) in [7, 11) is 1.94. The molecule has 0 saturated heterocycles. The Kier molecular flexibility index (Phi) is 4.19. The molecule has 0 radical (unpaired) electrons. The van der Waals surface area contributed by atoms with E-state index in [1.807, 2.05) is 29.0 Å². The molecule has 150 valence electrons. The topological polar surface area (TPSA) is 70.1 Å². The van der Waals surface area contributed by atoms with Gasteiger partial charge in [0.05, 0.1) is 12.7 Å². The number of nitrogens with zero attached hydrogens (tertiary/aromatic N) is 5. The van der Waals surface area contributed by atoms with Gasteiger partial charge in [-0.25, -0.2) is 0 Å². The number of rotatable bonds is 2. The third-order valence-corrected chi connectivity index (χ3v) is 6.29. The van der Waals surface area contributed by atoms with Crippen LogP contribution >= 0.6 is 0 Å². The number of hydrogen-bond donors (Lipinski definition) is 1. The van der Waals surface area contributed by atoms with Crippen molar-refractivity contribution in [3.8, 4) is 11.1 Å². The van der Waals surface area contributed by atoms with E-state index < -0.39 is 0 Å². The minimum Gasteiger partial charge on any atom is -0.338 e. The van der Waals surface area contributed by atoms with Crippen LogP contribution < -0.4 is 4.90 Å². The highest BCUT2D eigenvalue weighted by Gasteiger charge is 2.30. The van der Waals surface area contributed by atoms with Gasteiger partial charge in [0.1, 0.15) is 0 Å². The number of hydrogen-bond acceptors (Lipinski definition) is 4. The summed E-state index contributed by atoms with van der Waals surface area (Å²) in [5.74, 6) is 1.58. The first-order valence-corrected chi connectivity index (χ1v) is 10.2. The van der Waals surface area contributed by atoms with Crippen molar-refractivity contribution in [3.05, 3.63) is 47.4 Å². The van der Waals surface area contributed by atoms with Crippen LogP contribution in [0.5, 0.6) is 0 Å². The molecule has 0 bridgehead atoms. The second-order valence-corrected chi connectivity index (χ2v) is 8.21. The molecular weight excluding hydrogens is 364 g/mol. The van der Waals surface area contributed by atoms with Crippen LogP contribution in [0.1, 0.15) is 43.0 Å². The Labute approximate surface area is 170 Å². The van der Waals surface area contributed by atoms with Gasteiger partial charge in [0.2, 0.25) is 5.91 Å². The largest absolute Gasteiger partial charge is 0.338 e. The number of aryl methyl sites for hydroxylation is 1. The van der Waals surface area contributed by atoms with E-state index in [1.165, 1.54) is 16.8 Å². The van der Waals surface area contributed by atoms with Crippen molar-refractivity contribution in [1.82, 2.24) is 24.9 Å². The zero-order valence-corrected chi connectivity index (χ0v) is 17.1. The second-order valence-electron chi connectivity index (χ2n) is 8.21. The minimum atomic E-state index is 0.122. The summed E-state index contributed by atoms with van der Waals surface area (Å²) >= 11 is 0. The zero-order chi connectivity index (χ0) is 20.1. The van der Waals surface area contributed by atoms with Crippen molar-refractivity contribution in [3.63, 3.8) is 0 Å². The summed E-state index contributed by atoms with van der Waals surface area (Å²) in [5.41, 5.74) is 7.19. The fraction of sp³-hybridized carbons (Fsp3) is 0.409. The smallest absolute Gasteiger partial charge is 0.219 e. The normalized spacial score (nSPS) is 18.5. The van der Waals surface area contributed by atoms with Crippen molar-refractivity contribution in [2.75, 3.05) is 18.0 Å². The number of nitrogens with one attached hydrogen (secondary N) is 1. The molecule has 2 aliphatic heterocycles. The average molecular weight is 390 g/mol. The minimum absolute atomic E-state index is 0.122. The molecule has 0 fully saturated rings. The molecule has 0 aliphatic carbocycles. The quantitative estimate of drug-likeness (QED) is 0.728. The second kappa shape index (κ2) is 6.76. The van der Waals surface area contributed by atoms with Crippen molar-refractivity contribution in [2.24, 2.45) is 7.05 Å². The monoisotopic (exact) mass is 390 g/mol. The van der Waals surface area contributed by atoms with Crippen molar-refractivity contribution < 1.29 is 4.79 Å². The maximum Gasteiger partial charge on any atom is 0.219 e. The molecule has 1 N–H and O–H groups in total. The number of fused-ring (bicyclic) bond motifs is 2. The lowest BCUT2D eigenvalue weighted by Crippen LogP contribution is -2.35. The molecule has 1 atom stereocenters. The average Bonchev–Trinajstić information content (AvgIpc) is 3.34. The Balaban J connectivity index is 1.54. The molecule has 5 rings (SSSR count). The van der Waals surface area contributed by atoms with Gasteiger partial charge in [-0.3, -0.25) is 14.6 Å². The maximum atomic E-state index is 11.9. The maximum absolute atomic E-state index is 11.9. The number of aromatic nitrogens is 4. The van der Waals surface area contributed by atoms with Crippen LogP contribution in [0.2, 0.25) is 0 Å². The molecular formula is C22H26N6O. The summed E-state index contributed by atoms with van der Waals surface area (Å²) in [6.45, 7) is 6.25. The van der Waals surface area contributed by atoms with Gasteiger partial charge >= 0.3 is 0 Å². The SMILES string of the molecule is CC(=O)N1CCc2[nH]nc(N3CC[C@@H](C)c4cc(-c5cnn(C)c5)ccc43)c2C1. The number of aromatic amines is 1. The number of anilines is 2. The highest BCUT2D eigenvalue weighted by atomic mass is 16.2. The van der Waals surface area contributed by atoms with Crippen LogP contribution in [-0.2, 0) is 24.8 Å². The molecule has 1 aromatic carbocycles. The van der Waals surface area contributed by atoms with Gasteiger partial charge in [0.25, 0.3) is 0 Å². The number of amides is 1. The third-order valence-electron chi connectivity index (χ3n) is 6.29. The first-order valence-electron chi connectivity index (χ1n) is 10.2. The molecule has 2 aliphatic rings. The lowest BCUT2D eigenvalue weighted by atomic mass is 9.89. The molecule has 0 saturated carbocycles. The predicted octanol–water partition coefficient (Wildman–Crippen LogP) is 3.36. The molecule has 29 heavy (non-hydrogen) atoms. The van der Waals surface area contributed by atoms with Gasteiger partial charge in [-0.15, -0.1) is 0 Å². The van der Waals surface area contributed by atoms with E-state index in [0.29, 0.717) is 12.5 Å². The Morgan fingerprint density at radius 1 is 1.24 bits per heavy atom.